The number of benzene rings is 1. The van der Waals surface area contributed by atoms with E-state index < -0.39 is 11.3 Å². The maximum Gasteiger partial charge on any atom is 0.258 e. The van der Waals surface area contributed by atoms with Gasteiger partial charge in [-0.15, -0.1) is 0 Å². The van der Waals surface area contributed by atoms with E-state index in [4.69, 9.17) is 0 Å². The summed E-state index contributed by atoms with van der Waals surface area (Å²) in [6.45, 7) is 3.65. The Hall–Kier alpha value is -2.24. The summed E-state index contributed by atoms with van der Waals surface area (Å²) in [5, 5.41) is 0. The molecule has 1 saturated heterocycles. The van der Waals surface area contributed by atoms with Crippen LogP contribution in [-0.2, 0) is 4.79 Å². The Morgan fingerprint density at radius 2 is 1.82 bits per heavy atom. The van der Waals surface area contributed by atoms with Crippen molar-refractivity contribution in [3.05, 3.63) is 42.5 Å². The molecule has 4 nitrogen and oxygen atoms in total. The minimum Gasteiger partial charge on any atom is -0.337 e. The van der Waals surface area contributed by atoms with E-state index in [2.05, 4.69) is 6.58 Å². The van der Waals surface area contributed by atoms with Gasteiger partial charge in [-0.2, -0.15) is 0 Å². The zero-order chi connectivity index (χ0) is 16.1. The first kappa shape index (κ1) is 14.7. The van der Waals surface area contributed by atoms with Gasteiger partial charge in [-0.1, -0.05) is 6.58 Å². The van der Waals surface area contributed by atoms with Crippen LogP contribution in [0.25, 0.3) is 0 Å². The van der Waals surface area contributed by atoms with E-state index in [-0.39, 0.29) is 31.3 Å². The summed E-state index contributed by atoms with van der Waals surface area (Å²) in [5.74, 6) is -3.11. The van der Waals surface area contributed by atoms with Crippen molar-refractivity contribution in [3.63, 3.8) is 0 Å². The SMILES string of the molecule is C=CC(=O)N(C)c1ccc(C(=O)N2CC3(C2)CC3(F)F)cc1. The number of alkyl halides is 2. The summed E-state index contributed by atoms with van der Waals surface area (Å²) in [6.07, 6.45) is 1.09. The van der Waals surface area contributed by atoms with Crippen LogP contribution < -0.4 is 4.90 Å². The highest BCUT2D eigenvalue weighted by Gasteiger charge is 2.76. The van der Waals surface area contributed by atoms with Crippen LogP contribution in [0.1, 0.15) is 16.8 Å². The molecule has 2 aliphatic rings. The molecule has 0 aromatic heterocycles. The number of anilines is 1. The second-order valence-corrected chi connectivity index (χ2v) is 5.97. The lowest BCUT2D eigenvalue weighted by Gasteiger charge is -2.40. The molecule has 1 aliphatic heterocycles. The van der Waals surface area contributed by atoms with E-state index in [1.165, 1.54) is 15.9 Å². The van der Waals surface area contributed by atoms with Crippen LogP contribution in [0.4, 0.5) is 14.5 Å². The quantitative estimate of drug-likeness (QED) is 0.804. The largest absolute Gasteiger partial charge is 0.337 e. The fraction of sp³-hybridized carbons (Fsp3) is 0.375. The van der Waals surface area contributed by atoms with Crippen molar-refractivity contribution >= 4 is 17.5 Å². The molecule has 1 saturated carbocycles. The summed E-state index contributed by atoms with van der Waals surface area (Å²) < 4.78 is 26.3. The molecule has 1 aliphatic carbocycles. The van der Waals surface area contributed by atoms with E-state index in [9.17, 15) is 18.4 Å². The Kier molecular flexibility index (Phi) is 3.09. The first-order valence-corrected chi connectivity index (χ1v) is 6.97. The summed E-state index contributed by atoms with van der Waals surface area (Å²) in [7, 11) is 1.61. The molecule has 1 spiro atoms. The summed E-state index contributed by atoms with van der Waals surface area (Å²) in [6, 6.07) is 6.49. The van der Waals surface area contributed by atoms with Crippen LogP contribution >= 0.6 is 0 Å². The molecule has 2 fully saturated rings. The van der Waals surface area contributed by atoms with Gasteiger partial charge >= 0.3 is 0 Å². The van der Waals surface area contributed by atoms with Gasteiger partial charge in [0, 0.05) is 37.8 Å². The maximum absolute atomic E-state index is 13.1. The number of likely N-dealkylation sites (N-methyl/N-ethyl adjacent to an activating group) is 1. The highest BCUT2D eigenvalue weighted by molar-refractivity contribution is 6.01. The van der Waals surface area contributed by atoms with Crippen molar-refractivity contribution in [2.75, 3.05) is 25.0 Å². The predicted octanol–water partition coefficient (Wildman–Crippen LogP) is 2.32. The van der Waals surface area contributed by atoms with E-state index in [0.29, 0.717) is 11.3 Å². The topological polar surface area (TPSA) is 40.6 Å². The predicted molar refractivity (Wildman–Crippen MR) is 77.9 cm³/mol. The number of amides is 2. The Labute approximate surface area is 127 Å². The number of rotatable bonds is 3. The van der Waals surface area contributed by atoms with Gasteiger partial charge in [-0.05, 0) is 30.3 Å². The van der Waals surface area contributed by atoms with Gasteiger partial charge in [-0.25, -0.2) is 8.78 Å². The third-order valence-electron chi connectivity index (χ3n) is 4.49. The third-order valence-corrected chi connectivity index (χ3v) is 4.49. The number of carbonyl (C=O) groups is 2. The van der Waals surface area contributed by atoms with E-state index in [1.807, 2.05) is 0 Å². The third kappa shape index (κ3) is 2.10. The van der Waals surface area contributed by atoms with Crippen molar-refractivity contribution < 1.29 is 18.4 Å². The maximum atomic E-state index is 13.1. The Bertz CT molecular complexity index is 649. The first-order valence-electron chi connectivity index (χ1n) is 6.97. The van der Waals surface area contributed by atoms with Crippen LogP contribution in [0.5, 0.6) is 0 Å². The average Bonchev–Trinajstić information content (AvgIpc) is 3.06. The molecule has 0 bridgehead atoms. The molecular weight excluding hydrogens is 290 g/mol. The highest BCUT2D eigenvalue weighted by atomic mass is 19.3. The van der Waals surface area contributed by atoms with Crippen molar-refractivity contribution in [2.45, 2.75) is 12.3 Å². The first-order chi connectivity index (χ1) is 10.3. The lowest BCUT2D eigenvalue weighted by Crippen LogP contribution is -2.54. The molecular formula is C16H16F2N2O2. The summed E-state index contributed by atoms with van der Waals surface area (Å²) in [5.41, 5.74) is 0.108. The van der Waals surface area contributed by atoms with Gasteiger partial charge in [0.15, 0.2) is 0 Å². The zero-order valence-corrected chi connectivity index (χ0v) is 12.2. The lowest BCUT2D eigenvalue weighted by molar-refractivity contribution is -0.113. The lowest BCUT2D eigenvalue weighted by atomic mass is 9.95. The molecule has 1 heterocycles. The molecule has 0 radical (unpaired) electrons. The molecule has 0 N–H and O–H groups in total. The van der Waals surface area contributed by atoms with Crippen LogP contribution in [0.3, 0.4) is 0 Å². The van der Waals surface area contributed by atoms with Gasteiger partial charge in [0.2, 0.25) is 5.91 Å². The number of hydrogen-bond donors (Lipinski definition) is 0. The fourth-order valence-electron chi connectivity index (χ4n) is 2.83. The minimum atomic E-state index is -2.61. The van der Waals surface area contributed by atoms with Gasteiger partial charge < -0.3 is 9.80 Å². The Morgan fingerprint density at radius 3 is 2.27 bits per heavy atom. The number of nitrogens with zero attached hydrogens (tertiary/aromatic N) is 2. The monoisotopic (exact) mass is 306 g/mol. The van der Waals surface area contributed by atoms with Crippen molar-refractivity contribution in [1.82, 2.24) is 4.90 Å². The van der Waals surface area contributed by atoms with Gasteiger partial charge in [-0.3, -0.25) is 9.59 Å². The highest BCUT2D eigenvalue weighted by Crippen LogP contribution is 2.65. The molecule has 116 valence electrons. The molecule has 1 aromatic rings. The van der Waals surface area contributed by atoms with Crippen molar-refractivity contribution in [1.29, 1.82) is 0 Å². The van der Waals surface area contributed by atoms with Gasteiger partial charge in [0.25, 0.3) is 11.8 Å². The van der Waals surface area contributed by atoms with Gasteiger partial charge in [0.1, 0.15) is 0 Å². The zero-order valence-electron chi connectivity index (χ0n) is 12.2. The molecule has 6 heteroatoms. The number of hydrogen-bond acceptors (Lipinski definition) is 2. The number of halogens is 2. The fourth-order valence-corrected chi connectivity index (χ4v) is 2.83. The van der Waals surface area contributed by atoms with E-state index in [0.717, 1.165) is 0 Å². The Balaban J connectivity index is 1.65. The molecule has 1 aromatic carbocycles. The standard InChI is InChI=1S/C16H16F2N2O2/c1-3-13(21)19(2)12-6-4-11(5-7-12)14(22)20-9-15(10-20)8-16(15,17)18/h3-7H,1,8-10H2,2H3. The molecule has 0 unspecified atom stereocenters. The average molecular weight is 306 g/mol. The molecule has 0 atom stereocenters. The number of carbonyl (C=O) groups excluding carboxylic acids is 2. The Morgan fingerprint density at radius 1 is 1.27 bits per heavy atom. The van der Waals surface area contributed by atoms with Crippen LogP contribution in [-0.4, -0.2) is 42.8 Å². The summed E-state index contributed by atoms with van der Waals surface area (Å²) in [4.78, 5) is 26.6. The normalized spacial score (nSPS) is 20.2. The smallest absolute Gasteiger partial charge is 0.258 e. The second kappa shape index (κ2) is 4.63. The van der Waals surface area contributed by atoms with E-state index >= 15 is 0 Å². The van der Waals surface area contributed by atoms with Gasteiger partial charge in [0.05, 0.1) is 5.41 Å². The molecule has 2 amide bonds. The van der Waals surface area contributed by atoms with Crippen LogP contribution in [0.2, 0.25) is 0 Å². The number of likely N-dealkylation sites (tertiary alicyclic amines) is 1. The van der Waals surface area contributed by atoms with E-state index in [1.54, 1.807) is 31.3 Å². The van der Waals surface area contributed by atoms with Crippen molar-refractivity contribution in [2.24, 2.45) is 5.41 Å². The summed E-state index contributed by atoms with van der Waals surface area (Å²) >= 11 is 0. The van der Waals surface area contributed by atoms with Crippen LogP contribution in [0.15, 0.2) is 36.9 Å². The minimum absolute atomic E-state index is 0.114. The second-order valence-electron chi connectivity index (χ2n) is 5.97. The van der Waals surface area contributed by atoms with Crippen LogP contribution in [0, 0.1) is 5.41 Å². The molecule has 3 rings (SSSR count). The van der Waals surface area contributed by atoms with Crippen molar-refractivity contribution in [3.8, 4) is 0 Å². The molecule has 22 heavy (non-hydrogen) atoms.